The Labute approximate surface area is 114 Å². The van der Waals surface area contributed by atoms with E-state index in [-0.39, 0.29) is 5.56 Å². The average Bonchev–Trinajstić information content (AvgIpc) is 2.40. The molecule has 19 heavy (non-hydrogen) atoms. The fraction of sp³-hybridized carbons (Fsp3) is 0. The van der Waals surface area contributed by atoms with E-state index >= 15 is 0 Å². The Kier molecular flexibility index (Phi) is 3.66. The van der Waals surface area contributed by atoms with E-state index in [1.165, 1.54) is 12.1 Å². The highest BCUT2D eigenvalue weighted by Gasteiger charge is 2.05. The van der Waals surface area contributed by atoms with Gasteiger partial charge >= 0.3 is 0 Å². The highest BCUT2D eigenvalue weighted by atomic mass is 35.5. The number of benzene rings is 2. The fourth-order valence-electron chi connectivity index (χ4n) is 1.57. The number of hydrogen-bond acceptors (Lipinski definition) is 3. The summed E-state index contributed by atoms with van der Waals surface area (Å²) in [6.45, 7) is 0. The van der Waals surface area contributed by atoms with Crippen molar-refractivity contribution in [3.8, 4) is 12.1 Å². The molecule has 0 spiro atoms. The molecule has 2 rings (SSSR count). The van der Waals surface area contributed by atoms with Gasteiger partial charge in [-0.1, -0.05) is 11.6 Å². The Morgan fingerprint density at radius 2 is 1.74 bits per heavy atom. The second-order valence-electron chi connectivity index (χ2n) is 3.77. The molecule has 0 aliphatic heterocycles. The van der Waals surface area contributed by atoms with Gasteiger partial charge in [-0.25, -0.2) is 4.39 Å². The smallest absolute Gasteiger partial charge is 0.126 e. The molecule has 0 fully saturated rings. The first-order chi connectivity index (χ1) is 9.12. The lowest BCUT2D eigenvalue weighted by Crippen LogP contribution is -1.94. The molecule has 1 N–H and O–H groups in total. The van der Waals surface area contributed by atoms with Crippen molar-refractivity contribution in [2.75, 3.05) is 5.32 Å². The molecule has 0 aliphatic carbocycles. The van der Waals surface area contributed by atoms with Gasteiger partial charge in [0.25, 0.3) is 0 Å². The van der Waals surface area contributed by atoms with Gasteiger partial charge in [0.05, 0.1) is 34.0 Å². The molecule has 0 aliphatic rings. The summed E-state index contributed by atoms with van der Waals surface area (Å²) < 4.78 is 13.3. The van der Waals surface area contributed by atoms with E-state index in [0.717, 1.165) is 6.07 Å². The van der Waals surface area contributed by atoms with Crippen LogP contribution < -0.4 is 5.32 Å². The summed E-state index contributed by atoms with van der Waals surface area (Å²) in [5.74, 6) is -0.519. The number of nitrogens with one attached hydrogen (secondary N) is 1. The Balaban J connectivity index is 2.39. The van der Waals surface area contributed by atoms with E-state index in [1.807, 2.05) is 12.1 Å². The molecule has 0 saturated heterocycles. The first kappa shape index (κ1) is 12.9. The monoisotopic (exact) mass is 271 g/mol. The predicted molar refractivity (Wildman–Crippen MR) is 70.6 cm³/mol. The van der Waals surface area contributed by atoms with Crippen molar-refractivity contribution in [2.45, 2.75) is 0 Å². The van der Waals surface area contributed by atoms with Crippen LogP contribution in [0.25, 0.3) is 0 Å². The molecule has 0 radical (unpaired) electrons. The highest BCUT2D eigenvalue weighted by Crippen LogP contribution is 2.27. The maximum absolute atomic E-state index is 13.3. The quantitative estimate of drug-likeness (QED) is 0.899. The zero-order chi connectivity index (χ0) is 13.8. The standard InChI is InChI=1S/C14H7ClFN3/c15-13-2-1-9(7-17)5-14(13)19-12-4-10(8-18)3-11(16)6-12/h1-6,19H. The van der Waals surface area contributed by atoms with Crippen molar-refractivity contribution in [1.82, 2.24) is 0 Å². The topological polar surface area (TPSA) is 59.6 Å². The number of nitrogens with zero attached hydrogens (tertiary/aromatic N) is 2. The SMILES string of the molecule is N#Cc1cc(F)cc(Nc2cc(C#N)ccc2Cl)c1. The van der Waals surface area contributed by atoms with Gasteiger partial charge in [0.1, 0.15) is 5.82 Å². The molecule has 0 heterocycles. The maximum atomic E-state index is 13.3. The number of rotatable bonds is 2. The van der Waals surface area contributed by atoms with Gasteiger partial charge in [-0.05, 0) is 36.4 Å². The van der Waals surface area contributed by atoms with Crippen LogP contribution in [-0.4, -0.2) is 0 Å². The van der Waals surface area contributed by atoms with Crippen LogP contribution in [0.4, 0.5) is 15.8 Å². The van der Waals surface area contributed by atoms with Gasteiger partial charge in [-0.3, -0.25) is 0 Å². The van der Waals surface area contributed by atoms with Crippen molar-refractivity contribution in [2.24, 2.45) is 0 Å². The van der Waals surface area contributed by atoms with Crippen LogP contribution in [0.15, 0.2) is 36.4 Å². The van der Waals surface area contributed by atoms with E-state index in [4.69, 9.17) is 22.1 Å². The normalized spacial score (nSPS) is 9.47. The van der Waals surface area contributed by atoms with Crippen LogP contribution in [0.2, 0.25) is 5.02 Å². The van der Waals surface area contributed by atoms with Crippen molar-refractivity contribution >= 4 is 23.0 Å². The minimum atomic E-state index is -0.519. The van der Waals surface area contributed by atoms with E-state index < -0.39 is 5.82 Å². The Morgan fingerprint density at radius 1 is 1.00 bits per heavy atom. The molecule has 0 saturated carbocycles. The summed E-state index contributed by atoms with van der Waals surface area (Å²) >= 11 is 5.99. The van der Waals surface area contributed by atoms with Crippen LogP contribution in [0.5, 0.6) is 0 Å². The van der Waals surface area contributed by atoms with Crippen molar-refractivity contribution in [1.29, 1.82) is 10.5 Å². The number of hydrogen-bond donors (Lipinski definition) is 1. The molecule has 2 aromatic rings. The van der Waals surface area contributed by atoms with Gasteiger partial charge in [0, 0.05) is 5.69 Å². The van der Waals surface area contributed by atoms with Crippen LogP contribution in [0.1, 0.15) is 11.1 Å². The highest BCUT2D eigenvalue weighted by molar-refractivity contribution is 6.33. The molecule has 0 atom stereocenters. The third-order valence-corrected chi connectivity index (χ3v) is 2.73. The lowest BCUT2D eigenvalue weighted by Gasteiger charge is -2.09. The van der Waals surface area contributed by atoms with E-state index in [1.54, 1.807) is 18.2 Å². The van der Waals surface area contributed by atoms with Gasteiger partial charge in [0.2, 0.25) is 0 Å². The van der Waals surface area contributed by atoms with Gasteiger partial charge in [0.15, 0.2) is 0 Å². The molecule has 0 amide bonds. The molecular weight excluding hydrogens is 265 g/mol. The lowest BCUT2D eigenvalue weighted by atomic mass is 10.2. The summed E-state index contributed by atoms with van der Waals surface area (Å²) in [6, 6.07) is 12.5. The molecule has 92 valence electrons. The third-order valence-electron chi connectivity index (χ3n) is 2.40. The van der Waals surface area contributed by atoms with E-state index in [9.17, 15) is 4.39 Å². The molecule has 5 heteroatoms. The summed E-state index contributed by atoms with van der Waals surface area (Å²) in [6.07, 6.45) is 0. The number of anilines is 2. The molecule has 2 aromatic carbocycles. The first-order valence-electron chi connectivity index (χ1n) is 5.30. The minimum Gasteiger partial charge on any atom is -0.354 e. The fourth-order valence-corrected chi connectivity index (χ4v) is 1.74. The van der Waals surface area contributed by atoms with Crippen LogP contribution in [0, 0.1) is 28.5 Å². The second kappa shape index (κ2) is 5.39. The summed E-state index contributed by atoms with van der Waals surface area (Å²) in [5, 5.41) is 20.9. The Bertz CT molecular complexity index is 714. The van der Waals surface area contributed by atoms with Crippen LogP contribution in [0.3, 0.4) is 0 Å². The van der Waals surface area contributed by atoms with E-state index in [2.05, 4.69) is 5.32 Å². The number of halogens is 2. The molecular formula is C14H7ClFN3. The average molecular weight is 272 g/mol. The predicted octanol–water partition coefficient (Wildman–Crippen LogP) is 3.97. The minimum absolute atomic E-state index is 0.204. The van der Waals surface area contributed by atoms with Gasteiger partial charge < -0.3 is 5.32 Å². The third kappa shape index (κ3) is 3.01. The van der Waals surface area contributed by atoms with E-state index in [0.29, 0.717) is 22.0 Å². The largest absolute Gasteiger partial charge is 0.354 e. The second-order valence-corrected chi connectivity index (χ2v) is 4.18. The lowest BCUT2D eigenvalue weighted by molar-refractivity contribution is 0.628. The molecule has 3 nitrogen and oxygen atoms in total. The maximum Gasteiger partial charge on any atom is 0.126 e. The zero-order valence-corrected chi connectivity index (χ0v) is 10.4. The summed E-state index contributed by atoms with van der Waals surface area (Å²) in [4.78, 5) is 0. The van der Waals surface area contributed by atoms with Gasteiger partial charge in [-0.2, -0.15) is 10.5 Å². The zero-order valence-electron chi connectivity index (χ0n) is 9.61. The van der Waals surface area contributed by atoms with Crippen molar-refractivity contribution < 1.29 is 4.39 Å². The van der Waals surface area contributed by atoms with Crippen molar-refractivity contribution in [3.63, 3.8) is 0 Å². The van der Waals surface area contributed by atoms with Gasteiger partial charge in [-0.15, -0.1) is 0 Å². The van der Waals surface area contributed by atoms with Crippen LogP contribution in [-0.2, 0) is 0 Å². The summed E-state index contributed by atoms with van der Waals surface area (Å²) in [7, 11) is 0. The Hall–Kier alpha value is -2.56. The Morgan fingerprint density at radius 3 is 2.42 bits per heavy atom. The molecule has 0 unspecified atom stereocenters. The van der Waals surface area contributed by atoms with Crippen molar-refractivity contribution in [3.05, 3.63) is 58.4 Å². The summed E-state index contributed by atoms with van der Waals surface area (Å²) in [5.41, 5.74) is 1.52. The molecule has 0 bridgehead atoms. The number of nitriles is 2. The first-order valence-corrected chi connectivity index (χ1v) is 5.67. The van der Waals surface area contributed by atoms with Crippen LogP contribution >= 0.6 is 11.6 Å². The molecule has 0 aromatic heterocycles.